The van der Waals surface area contributed by atoms with Crippen molar-refractivity contribution in [3.8, 4) is 0 Å². The summed E-state index contributed by atoms with van der Waals surface area (Å²) >= 11 is 7.13. The number of anilines is 2. The van der Waals surface area contributed by atoms with E-state index >= 15 is 0 Å². The molecule has 2 aromatic rings. The lowest BCUT2D eigenvalue weighted by molar-refractivity contribution is -0.113. The molecule has 1 amide bonds. The number of aromatic nitrogens is 3. The highest BCUT2D eigenvalue weighted by Gasteiger charge is 2.32. The van der Waals surface area contributed by atoms with Crippen LogP contribution in [-0.2, 0) is 4.79 Å². The number of piperidine rings is 1. The molecule has 0 spiro atoms. The summed E-state index contributed by atoms with van der Waals surface area (Å²) in [5, 5.41) is 12.3. The van der Waals surface area contributed by atoms with Gasteiger partial charge in [-0.3, -0.25) is 9.36 Å². The molecule has 9 heteroatoms. The van der Waals surface area contributed by atoms with Gasteiger partial charge in [0.2, 0.25) is 11.9 Å². The zero-order chi connectivity index (χ0) is 18.8. The van der Waals surface area contributed by atoms with Gasteiger partial charge in [-0.25, -0.2) is 4.39 Å². The molecule has 1 aromatic carbocycles. The molecule has 1 N–H and O–H groups in total. The molecule has 2 aliphatic rings. The molecular formula is C18H21ClFN5OS. The van der Waals surface area contributed by atoms with E-state index in [1.807, 2.05) is 0 Å². The Kier molecular flexibility index (Phi) is 5.54. The fraction of sp³-hybridized carbons (Fsp3) is 0.500. The number of rotatable bonds is 6. The highest BCUT2D eigenvalue weighted by molar-refractivity contribution is 7.99. The zero-order valence-corrected chi connectivity index (χ0v) is 16.4. The normalized spacial score (nSPS) is 17.2. The maximum Gasteiger partial charge on any atom is 0.234 e. The highest BCUT2D eigenvalue weighted by atomic mass is 35.5. The molecule has 4 rings (SSSR count). The van der Waals surface area contributed by atoms with Crippen LogP contribution in [0.1, 0.15) is 38.1 Å². The summed E-state index contributed by atoms with van der Waals surface area (Å²) in [4.78, 5) is 14.6. The van der Waals surface area contributed by atoms with Crippen molar-refractivity contribution in [2.75, 3.05) is 29.1 Å². The second kappa shape index (κ2) is 8.06. The first-order valence-corrected chi connectivity index (χ1v) is 10.6. The van der Waals surface area contributed by atoms with Gasteiger partial charge in [-0.1, -0.05) is 23.4 Å². The lowest BCUT2D eigenvalue weighted by Gasteiger charge is -2.27. The summed E-state index contributed by atoms with van der Waals surface area (Å²) in [6, 6.07) is 4.57. The van der Waals surface area contributed by atoms with Gasteiger partial charge in [0, 0.05) is 24.8 Å². The molecule has 0 unspecified atom stereocenters. The lowest BCUT2D eigenvalue weighted by atomic mass is 10.1. The molecule has 27 heavy (non-hydrogen) atoms. The predicted molar refractivity (Wildman–Crippen MR) is 105 cm³/mol. The van der Waals surface area contributed by atoms with Gasteiger partial charge in [0.15, 0.2) is 5.16 Å². The number of nitrogens with zero attached hydrogens (tertiary/aromatic N) is 4. The second-order valence-corrected chi connectivity index (χ2v) is 8.25. The van der Waals surface area contributed by atoms with Crippen molar-refractivity contribution in [2.45, 2.75) is 43.3 Å². The Morgan fingerprint density at radius 1 is 1.26 bits per heavy atom. The van der Waals surface area contributed by atoms with Crippen LogP contribution < -0.4 is 10.2 Å². The average molecular weight is 410 g/mol. The van der Waals surface area contributed by atoms with Gasteiger partial charge in [0.05, 0.1) is 10.8 Å². The van der Waals surface area contributed by atoms with E-state index in [9.17, 15) is 9.18 Å². The van der Waals surface area contributed by atoms with Crippen LogP contribution in [0.2, 0.25) is 5.02 Å². The Balaban J connectivity index is 1.41. The maximum absolute atomic E-state index is 13.2. The summed E-state index contributed by atoms with van der Waals surface area (Å²) in [6.45, 7) is 2.03. The summed E-state index contributed by atoms with van der Waals surface area (Å²) in [7, 11) is 0. The number of nitrogens with one attached hydrogen (secondary N) is 1. The predicted octanol–water partition coefficient (Wildman–Crippen LogP) is 4.13. The minimum atomic E-state index is -0.508. The Bertz CT molecular complexity index is 835. The minimum absolute atomic E-state index is 0.0138. The number of halogens is 2. The Morgan fingerprint density at radius 2 is 2.04 bits per heavy atom. The molecule has 144 valence electrons. The molecule has 0 bridgehead atoms. The van der Waals surface area contributed by atoms with E-state index in [-0.39, 0.29) is 16.7 Å². The Hall–Kier alpha value is -1.80. The molecule has 6 nitrogen and oxygen atoms in total. The van der Waals surface area contributed by atoms with Gasteiger partial charge < -0.3 is 10.2 Å². The van der Waals surface area contributed by atoms with Gasteiger partial charge in [0.25, 0.3) is 0 Å². The average Bonchev–Trinajstić information content (AvgIpc) is 3.43. The first-order valence-electron chi connectivity index (χ1n) is 9.19. The minimum Gasteiger partial charge on any atom is -0.341 e. The van der Waals surface area contributed by atoms with Crippen LogP contribution in [0.4, 0.5) is 16.0 Å². The van der Waals surface area contributed by atoms with E-state index in [1.165, 1.54) is 49.2 Å². The van der Waals surface area contributed by atoms with Crippen molar-refractivity contribution in [1.29, 1.82) is 0 Å². The third-order valence-electron chi connectivity index (χ3n) is 4.73. The van der Waals surface area contributed by atoms with Gasteiger partial charge in [-0.05, 0) is 50.3 Å². The van der Waals surface area contributed by atoms with Crippen molar-refractivity contribution in [1.82, 2.24) is 14.8 Å². The first kappa shape index (κ1) is 18.6. The van der Waals surface area contributed by atoms with Crippen LogP contribution in [0.5, 0.6) is 0 Å². The molecule has 1 aliphatic carbocycles. The molecule has 1 saturated carbocycles. The van der Waals surface area contributed by atoms with Crippen molar-refractivity contribution in [3.05, 3.63) is 29.0 Å². The molecule has 1 saturated heterocycles. The Morgan fingerprint density at radius 3 is 2.74 bits per heavy atom. The van der Waals surface area contributed by atoms with Gasteiger partial charge in [-0.15, -0.1) is 10.2 Å². The number of carbonyl (C=O) groups excluding carboxylic acids is 1. The Labute approximate surface area is 166 Å². The largest absolute Gasteiger partial charge is 0.341 e. The van der Waals surface area contributed by atoms with E-state index in [1.54, 1.807) is 0 Å². The molecule has 1 aliphatic heterocycles. The van der Waals surface area contributed by atoms with E-state index in [0.717, 1.165) is 37.0 Å². The zero-order valence-electron chi connectivity index (χ0n) is 14.8. The van der Waals surface area contributed by atoms with Crippen molar-refractivity contribution in [2.24, 2.45) is 0 Å². The standard InChI is InChI=1S/C18H21ClFN5OS/c19-14-10-12(4-7-15(14)20)21-16(26)11-27-18-23-22-17(25(18)13-5-6-13)24-8-2-1-3-9-24/h4,7,10,13H,1-3,5-6,8-9,11H2,(H,21,26). The fourth-order valence-electron chi connectivity index (χ4n) is 3.23. The van der Waals surface area contributed by atoms with Crippen LogP contribution in [0.15, 0.2) is 23.4 Å². The third-order valence-corrected chi connectivity index (χ3v) is 5.97. The van der Waals surface area contributed by atoms with Crippen LogP contribution in [0, 0.1) is 5.82 Å². The van der Waals surface area contributed by atoms with Crippen LogP contribution in [-0.4, -0.2) is 39.5 Å². The van der Waals surface area contributed by atoms with E-state index in [4.69, 9.17) is 11.6 Å². The van der Waals surface area contributed by atoms with Crippen molar-refractivity contribution >= 4 is 40.9 Å². The van der Waals surface area contributed by atoms with Crippen LogP contribution in [0.25, 0.3) is 0 Å². The second-order valence-electron chi connectivity index (χ2n) is 6.90. The molecule has 0 atom stereocenters. The van der Waals surface area contributed by atoms with Crippen molar-refractivity contribution in [3.63, 3.8) is 0 Å². The lowest BCUT2D eigenvalue weighted by Crippen LogP contribution is -2.32. The first-order chi connectivity index (χ1) is 13.1. The van der Waals surface area contributed by atoms with E-state index in [2.05, 4.69) is 25.0 Å². The van der Waals surface area contributed by atoms with E-state index in [0.29, 0.717) is 11.7 Å². The molecule has 0 radical (unpaired) electrons. The SMILES string of the molecule is O=C(CSc1nnc(N2CCCCC2)n1C1CC1)Nc1ccc(F)c(Cl)c1. The molecule has 2 fully saturated rings. The van der Waals surface area contributed by atoms with Gasteiger partial charge in [-0.2, -0.15) is 0 Å². The molecule has 2 heterocycles. The third kappa shape index (κ3) is 4.38. The molecular weight excluding hydrogens is 389 g/mol. The number of amides is 1. The van der Waals surface area contributed by atoms with Gasteiger partial charge in [0.1, 0.15) is 5.82 Å². The van der Waals surface area contributed by atoms with E-state index < -0.39 is 5.82 Å². The quantitative estimate of drug-likeness (QED) is 0.727. The summed E-state index contributed by atoms with van der Waals surface area (Å²) in [6.07, 6.45) is 5.90. The number of carbonyl (C=O) groups is 1. The number of thioether (sulfide) groups is 1. The fourth-order valence-corrected chi connectivity index (χ4v) is 4.21. The smallest absolute Gasteiger partial charge is 0.234 e. The molecule has 1 aromatic heterocycles. The summed E-state index contributed by atoms with van der Waals surface area (Å²) in [5.41, 5.74) is 0.477. The van der Waals surface area contributed by atoms with Crippen LogP contribution in [0.3, 0.4) is 0 Å². The number of benzene rings is 1. The number of hydrogen-bond donors (Lipinski definition) is 1. The topological polar surface area (TPSA) is 63.1 Å². The monoisotopic (exact) mass is 409 g/mol. The van der Waals surface area contributed by atoms with Crippen LogP contribution >= 0.6 is 23.4 Å². The summed E-state index contributed by atoms with van der Waals surface area (Å²) < 4.78 is 15.4. The maximum atomic E-state index is 13.2. The summed E-state index contributed by atoms with van der Waals surface area (Å²) in [5.74, 6) is 0.449. The van der Waals surface area contributed by atoms with Crippen molar-refractivity contribution < 1.29 is 9.18 Å². The highest BCUT2D eigenvalue weighted by Crippen LogP contribution is 2.41. The van der Waals surface area contributed by atoms with Gasteiger partial charge >= 0.3 is 0 Å². The number of hydrogen-bond acceptors (Lipinski definition) is 5.